The van der Waals surface area contributed by atoms with E-state index in [1.807, 2.05) is 29.2 Å². The number of rotatable bonds is 5. The summed E-state index contributed by atoms with van der Waals surface area (Å²) in [5.41, 5.74) is 1.86. The first kappa shape index (κ1) is 24.5. The molecule has 1 atom stereocenters. The third-order valence-electron chi connectivity index (χ3n) is 6.94. The van der Waals surface area contributed by atoms with E-state index in [-0.39, 0.29) is 18.2 Å². The molecule has 0 bridgehead atoms. The first-order valence-corrected chi connectivity index (χ1v) is 12.3. The van der Waals surface area contributed by atoms with E-state index in [4.69, 9.17) is 9.47 Å². The highest BCUT2D eigenvalue weighted by molar-refractivity contribution is 6.07. The predicted molar refractivity (Wildman–Crippen MR) is 142 cm³/mol. The van der Waals surface area contributed by atoms with E-state index in [1.165, 1.54) is 18.5 Å². The van der Waals surface area contributed by atoms with Gasteiger partial charge in [-0.15, -0.1) is 0 Å². The molecule has 2 aromatic heterocycles. The molecule has 9 heteroatoms. The number of halogens is 1. The fraction of sp³-hybridized carbons (Fsp3) is 0.321. The molecule has 0 aliphatic carbocycles. The Kier molecular flexibility index (Phi) is 6.45. The van der Waals surface area contributed by atoms with Gasteiger partial charge in [-0.25, -0.2) is 9.18 Å². The van der Waals surface area contributed by atoms with Gasteiger partial charge in [0.25, 0.3) is 0 Å². The first-order chi connectivity index (χ1) is 17.8. The van der Waals surface area contributed by atoms with Crippen LogP contribution in [0.1, 0.15) is 24.2 Å². The third-order valence-corrected chi connectivity index (χ3v) is 6.94. The summed E-state index contributed by atoms with van der Waals surface area (Å²) < 4.78 is 27.5. The van der Waals surface area contributed by atoms with Gasteiger partial charge in [0, 0.05) is 62.1 Å². The molecule has 2 aromatic carbocycles. The third kappa shape index (κ3) is 4.34. The minimum atomic E-state index is -0.681. The molecule has 37 heavy (non-hydrogen) atoms. The highest BCUT2D eigenvalue weighted by atomic mass is 19.1. The number of fused-ring (bicyclic) bond motifs is 3. The summed E-state index contributed by atoms with van der Waals surface area (Å²) in [6.45, 7) is 5.81. The summed E-state index contributed by atoms with van der Waals surface area (Å²) in [7, 11) is 3.38. The van der Waals surface area contributed by atoms with Crippen molar-refractivity contribution in [1.29, 1.82) is 0 Å². The molecule has 5 rings (SSSR count). The standard InChI is InChI=1S/C28H29FN4O4/c1-5-37-28(35)21-16-31(3)25-14-30-23-13-22(29)24(12-20(23)26(25)27(21)34)32-9-10-33(17(2)15-32)18-7-6-8-19(11-18)36-4/h6-8,11-14,16-17H,5,9-10,15H2,1-4H3. The zero-order valence-corrected chi connectivity index (χ0v) is 21.3. The van der Waals surface area contributed by atoms with Crippen molar-refractivity contribution in [3.8, 4) is 5.75 Å². The van der Waals surface area contributed by atoms with Gasteiger partial charge in [-0.3, -0.25) is 9.78 Å². The summed E-state index contributed by atoms with van der Waals surface area (Å²) in [5, 5.41) is 0.825. The average Bonchev–Trinajstić information content (AvgIpc) is 2.89. The van der Waals surface area contributed by atoms with Crippen molar-refractivity contribution >= 4 is 39.1 Å². The number of carbonyl (C=O) groups is 1. The van der Waals surface area contributed by atoms with Crippen LogP contribution in [0.25, 0.3) is 21.8 Å². The van der Waals surface area contributed by atoms with E-state index in [1.54, 1.807) is 31.7 Å². The van der Waals surface area contributed by atoms with Gasteiger partial charge >= 0.3 is 5.97 Å². The summed E-state index contributed by atoms with van der Waals surface area (Å²) in [4.78, 5) is 34.5. The van der Waals surface area contributed by atoms with Crippen LogP contribution in [0.5, 0.6) is 5.75 Å². The molecule has 0 saturated carbocycles. The number of aryl methyl sites for hydroxylation is 1. The Bertz CT molecular complexity index is 1570. The lowest BCUT2D eigenvalue weighted by molar-refractivity contribution is 0.0524. The molecule has 1 aliphatic heterocycles. The van der Waals surface area contributed by atoms with E-state index in [2.05, 4.69) is 16.8 Å². The van der Waals surface area contributed by atoms with Crippen molar-refractivity contribution in [1.82, 2.24) is 9.55 Å². The molecule has 1 aliphatic rings. The topological polar surface area (TPSA) is 76.9 Å². The van der Waals surface area contributed by atoms with Crippen molar-refractivity contribution < 1.29 is 18.7 Å². The largest absolute Gasteiger partial charge is 0.497 e. The van der Waals surface area contributed by atoms with Crippen LogP contribution in [0.3, 0.4) is 0 Å². The lowest BCUT2D eigenvalue weighted by atomic mass is 10.0. The van der Waals surface area contributed by atoms with Crippen LogP contribution in [-0.4, -0.2) is 54.9 Å². The molecule has 0 radical (unpaired) electrons. The second-order valence-corrected chi connectivity index (χ2v) is 9.23. The van der Waals surface area contributed by atoms with Crippen LogP contribution in [0.4, 0.5) is 15.8 Å². The quantitative estimate of drug-likeness (QED) is 0.299. The van der Waals surface area contributed by atoms with E-state index >= 15 is 4.39 Å². The number of carbonyl (C=O) groups excluding carboxylic acids is 1. The Morgan fingerprint density at radius 2 is 2.03 bits per heavy atom. The van der Waals surface area contributed by atoms with Crippen molar-refractivity contribution in [3.63, 3.8) is 0 Å². The highest BCUT2D eigenvalue weighted by Crippen LogP contribution is 2.32. The highest BCUT2D eigenvalue weighted by Gasteiger charge is 2.27. The second kappa shape index (κ2) is 9.72. The maximum Gasteiger partial charge on any atom is 0.343 e. The Labute approximate surface area is 213 Å². The maximum atomic E-state index is 15.4. The molecule has 3 heterocycles. The minimum absolute atomic E-state index is 0.0595. The Balaban J connectivity index is 1.56. The number of hydrogen-bond donors (Lipinski definition) is 0. The summed E-state index contributed by atoms with van der Waals surface area (Å²) in [6, 6.07) is 11.1. The summed E-state index contributed by atoms with van der Waals surface area (Å²) in [5.74, 6) is -0.296. The van der Waals surface area contributed by atoms with Gasteiger partial charge < -0.3 is 23.8 Å². The van der Waals surface area contributed by atoms with Gasteiger partial charge in [0.1, 0.15) is 17.1 Å². The Morgan fingerprint density at radius 1 is 1.22 bits per heavy atom. The van der Waals surface area contributed by atoms with Crippen molar-refractivity contribution in [3.05, 3.63) is 70.4 Å². The molecule has 4 aromatic rings. The van der Waals surface area contributed by atoms with Crippen molar-refractivity contribution in [2.24, 2.45) is 7.05 Å². The number of piperazine rings is 1. The van der Waals surface area contributed by atoms with E-state index in [0.29, 0.717) is 47.1 Å². The fourth-order valence-electron chi connectivity index (χ4n) is 5.10. The van der Waals surface area contributed by atoms with Gasteiger partial charge in [-0.2, -0.15) is 0 Å². The van der Waals surface area contributed by atoms with Gasteiger partial charge in [0.05, 0.1) is 42.0 Å². The van der Waals surface area contributed by atoms with Crippen molar-refractivity contribution in [2.75, 3.05) is 43.2 Å². The number of benzene rings is 2. The molecule has 0 spiro atoms. The normalized spacial score (nSPS) is 15.9. The molecule has 1 unspecified atom stereocenters. The molecule has 1 saturated heterocycles. The molecule has 8 nitrogen and oxygen atoms in total. The van der Waals surface area contributed by atoms with Crippen LogP contribution >= 0.6 is 0 Å². The van der Waals surface area contributed by atoms with Crippen molar-refractivity contribution in [2.45, 2.75) is 19.9 Å². The Morgan fingerprint density at radius 3 is 2.76 bits per heavy atom. The number of anilines is 2. The lowest BCUT2D eigenvalue weighted by Gasteiger charge is -2.42. The zero-order chi connectivity index (χ0) is 26.3. The minimum Gasteiger partial charge on any atom is -0.497 e. The van der Waals surface area contributed by atoms with Crippen LogP contribution in [-0.2, 0) is 11.8 Å². The molecule has 0 amide bonds. The van der Waals surface area contributed by atoms with E-state index in [9.17, 15) is 9.59 Å². The number of methoxy groups -OCH3 is 1. The number of ether oxygens (including phenoxy) is 2. The summed E-state index contributed by atoms with van der Waals surface area (Å²) in [6.07, 6.45) is 2.99. The lowest BCUT2D eigenvalue weighted by Crippen LogP contribution is -2.52. The van der Waals surface area contributed by atoms with Crippen LogP contribution in [0.2, 0.25) is 0 Å². The molecular formula is C28H29FN4O4. The molecular weight excluding hydrogens is 475 g/mol. The molecule has 192 valence electrons. The van der Waals surface area contributed by atoms with E-state index < -0.39 is 17.2 Å². The second-order valence-electron chi connectivity index (χ2n) is 9.23. The van der Waals surface area contributed by atoms with Gasteiger partial charge in [-0.1, -0.05) is 6.07 Å². The van der Waals surface area contributed by atoms with Gasteiger partial charge in [0.2, 0.25) is 5.43 Å². The van der Waals surface area contributed by atoms with Crippen LogP contribution in [0.15, 0.2) is 53.6 Å². The monoisotopic (exact) mass is 504 g/mol. The van der Waals surface area contributed by atoms with Gasteiger partial charge in [-0.05, 0) is 32.0 Å². The number of esters is 1. The molecule has 0 N–H and O–H groups in total. The predicted octanol–water partition coefficient (Wildman–Crippen LogP) is 4.13. The first-order valence-electron chi connectivity index (χ1n) is 12.3. The SMILES string of the molecule is CCOC(=O)c1cn(C)c2cnc3cc(F)c(N4CCN(c5cccc(OC)c5)C(C)C4)cc3c2c1=O. The van der Waals surface area contributed by atoms with Crippen LogP contribution < -0.4 is 20.0 Å². The fourth-order valence-corrected chi connectivity index (χ4v) is 5.10. The molecule has 1 fully saturated rings. The smallest absolute Gasteiger partial charge is 0.343 e. The Hall–Kier alpha value is -4.14. The average molecular weight is 505 g/mol. The van der Waals surface area contributed by atoms with Crippen LogP contribution in [0, 0.1) is 5.82 Å². The maximum absolute atomic E-state index is 15.4. The number of aromatic nitrogens is 2. The zero-order valence-electron chi connectivity index (χ0n) is 21.3. The number of pyridine rings is 2. The van der Waals surface area contributed by atoms with Gasteiger partial charge in [0.15, 0.2) is 0 Å². The number of nitrogens with zero attached hydrogens (tertiary/aromatic N) is 4. The number of hydrogen-bond acceptors (Lipinski definition) is 7. The van der Waals surface area contributed by atoms with E-state index in [0.717, 1.165) is 11.4 Å². The summed E-state index contributed by atoms with van der Waals surface area (Å²) >= 11 is 0.